The quantitative estimate of drug-likeness (QED) is 0.921. The molecule has 1 fully saturated rings. The van der Waals surface area contributed by atoms with E-state index in [1.54, 1.807) is 18.2 Å². The number of halogens is 2. The van der Waals surface area contributed by atoms with Gasteiger partial charge in [-0.05, 0) is 52.3 Å². The highest BCUT2D eigenvalue weighted by molar-refractivity contribution is 5.87. The molecule has 0 unspecified atom stereocenters. The van der Waals surface area contributed by atoms with Crippen molar-refractivity contribution in [2.75, 3.05) is 26.7 Å². The second-order valence-electron chi connectivity index (χ2n) is 6.40. The van der Waals surface area contributed by atoms with Gasteiger partial charge in [0.25, 0.3) is 0 Å². The van der Waals surface area contributed by atoms with Crippen molar-refractivity contribution in [3.8, 4) is 0 Å². The average molecular weight is 329 g/mol. The number of likely N-dealkylation sites (tertiary alicyclic amines) is 1. The van der Waals surface area contributed by atoms with Crippen LogP contribution in [-0.2, 0) is 10.2 Å². The van der Waals surface area contributed by atoms with Crippen molar-refractivity contribution in [1.82, 2.24) is 10.2 Å². The van der Waals surface area contributed by atoms with E-state index in [-0.39, 0.29) is 24.1 Å². The summed E-state index contributed by atoms with van der Waals surface area (Å²) in [6.45, 7) is 6.16. The predicted octanol–water partition coefficient (Wildman–Crippen LogP) is 2.98. The molecule has 0 spiro atoms. The Morgan fingerprint density at radius 3 is 2.45 bits per heavy atom. The SMILES string of the molecule is CNCC1CCN(C(=O)C(C)(C)c2ccccc2F)CC1.Cl. The van der Waals surface area contributed by atoms with Crippen LogP contribution in [0.15, 0.2) is 24.3 Å². The number of rotatable bonds is 4. The normalized spacial score (nSPS) is 16.3. The fraction of sp³-hybridized carbons (Fsp3) is 0.588. The maximum atomic E-state index is 14.0. The maximum absolute atomic E-state index is 14.0. The molecule has 22 heavy (non-hydrogen) atoms. The van der Waals surface area contributed by atoms with E-state index < -0.39 is 5.41 Å². The lowest BCUT2D eigenvalue weighted by molar-refractivity contribution is -0.137. The van der Waals surface area contributed by atoms with Crippen LogP contribution in [-0.4, -0.2) is 37.5 Å². The second-order valence-corrected chi connectivity index (χ2v) is 6.40. The molecule has 0 radical (unpaired) electrons. The summed E-state index contributed by atoms with van der Waals surface area (Å²) >= 11 is 0. The molecule has 1 heterocycles. The highest BCUT2D eigenvalue weighted by atomic mass is 35.5. The topological polar surface area (TPSA) is 32.3 Å². The molecule has 0 saturated carbocycles. The monoisotopic (exact) mass is 328 g/mol. The van der Waals surface area contributed by atoms with Crippen LogP contribution in [0.2, 0.25) is 0 Å². The Balaban J connectivity index is 0.00000242. The van der Waals surface area contributed by atoms with Crippen LogP contribution in [0.5, 0.6) is 0 Å². The van der Waals surface area contributed by atoms with Crippen molar-refractivity contribution in [2.45, 2.75) is 32.1 Å². The van der Waals surface area contributed by atoms with E-state index >= 15 is 0 Å². The second kappa shape index (κ2) is 7.93. The van der Waals surface area contributed by atoms with Gasteiger partial charge >= 0.3 is 0 Å². The van der Waals surface area contributed by atoms with Gasteiger partial charge in [-0.3, -0.25) is 4.79 Å². The number of piperidine rings is 1. The Morgan fingerprint density at radius 1 is 1.32 bits per heavy atom. The van der Waals surface area contributed by atoms with Crippen molar-refractivity contribution < 1.29 is 9.18 Å². The third-order valence-corrected chi connectivity index (χ3v) is 4.48. The number of nitrogens with one attached hydrogen (secondary N) is 1. The molecule has 5 heteroatoms. The number of amides is 1. The summed E-state index contributed by atoms with van der Waals surface area (Å²) in [5.41, 5.74) is -0.339. The summed E-state index contributed by atoms with van der Waals surface area (Å²) in [5.74, 6) is 0.354. The molecule has 1 amide bonds. The summed E-state index contributed by atoms with van der Waals surface area (Å²) in [6.07, 6.45) is 2.03. The van der Waals surface area contributed by atoms with E-state index in [0.29, 0.717) is 11.5 Å². The number of carbonyl (C=O) groups is 1. The van der Waals surface area contributed by atoms with Crippen LogP contribution < -0.4 is 5.32 Å². The fourth-order valence-corrected chi connectivity index (χ4v) is 3.11. The minimum absolute atomic E-state index is 0. The fourth-order valence-electron chi connectivity index (χ4n) is 3.11. The molecule has 0 aliphatic carbocycles. The first-order chi connectivity index (χ1) is 9.96. The van der Waals surface area contributed by atoms with Crippen LogP contribution in [0, 0.1) is 11.7 Å². The first kappa shape index (κ1) is 18.9. The lowest BCUT2D eigenvalue weighted by Crippen LogP contribution is -2.48. The molecule has 2 rings (SSSR count). The number of hydrogen-bond acceptors (Lipinski definition) is 2. The highest BCUT2D eigenvalue weighted by Crippen LogP contribution is 2.29. The van der Waals surface area contributed by atoms with Gasteiger partial charge in [0.2, 0.25) is 5.91 Å². The summed E-state index contributed by atoms with van der Waals surface area (Å²) in [5, 5.41) is 3.19. The molecule has 1 saturated heterocycles. The van der Waals surface area contributed by atoms with Crippen LogP contribution >= 0.6 is 12.4 Å². The van der Waals surface area contributed by atoms with Gasteiger partial charge in [0.1, 0.15) is 5.82 Å². The molecule has 124 valence electrons. The summed E-state index contributed by atoms with van der Waals surface area (Å²) < 4.78 is 14.0. The minimum Gasteiger partial charge on any atom is -0.342 e. The van der Waals surface area contributed by atoms with Gasteiger partial charge in [0.15, 0.2) is 0 Å². The van der Waals surface area contributed by atoms with E-state index in [4.69, 9.17) is 0 Å². The van der Waals surface area contributed by atoms with E-state index in [1.165, 1.54) is 6.07 Å². The third kappa shape index (κ3) is 3.99. The molecule has 1 aromatic rings. The smallest absolute Gasteiger partial charge is 0.232 e. The molecular weight excluding hydrogens is 303 g/mol. The molecule has 1 N–H and O–H groups in total. The zero-order chi connectivity index (χ0) is 15.5. The first-order valence-corrected chi connectivity index (χ1v) is 7.65. The van der Waals surface area contributed by atoms with Gasteiger partial charge in [-0.25, -0.2) is 4.39 Å². The van der Waals surface area contributed by atoms with E-state index in [9.17, 15) is 9.18 Å². The molecule has 1 aromatic carbocycles. The third-order valence-electron chi connectivity index (χ3n) is 4.48. The number of nitrogens with zero attached hydrogens (tertiary/aromatic N) is 1. The van der Waals surface area contributed by atoms with Gasteiger partial charge in [-0.1, -0.05) is 18.2 Å². The van der Waals surface area contributed by atoms with E-state index in [0.717, 1.165) is 32.5 Å². The predicted molar refractivity (Wildman–Crippen MR) is 89.9 cm³/mol. The standard InChI is InChI=1S/C17H25FN2O.ClH/c1-17(2,14-6-4-5-7-15(14)18)16(21)20-10-8-13(9-11-20)12-19-3;/h4-7,13,19H,8-12H2,1-3H3;1H. The number of carbonyl (C=O) groups excluding carboxylic acids is 1. The zero-order valence-electron chi connectivity index (χ0n) is 13.6. The van der Waals surface area contributed by atoms with E-state index in [2.05, 4.69) is 5.32 Å². The average Bonchev–Trinajstić information content (AvgIpc) is 2.48. The van der Waals surface area contributed by atoms with Crippen LogP contribution in [0.3, 0.4) is 0 Å². The molecule has 1 aliphatic rings. The van der Waals surface area contributed by atoms with Crippen molar-refractivity contribution in [3.63, 3.8) is 0 Å². The van der Waals surface area contributed by atoms with Crippen LogP contribution in [0.4, 0.5) is 4.39 Å². The van der Waals surface area contributed by atoms with Crippen molar-refractivity contribution >= 4 is 18.3 Å². The Kier molecular flexibility index (Phi) is 6.82. The van der Waals surface area contributed by atoms with Crippen molar-refractivity contribution in [2.24, 2.45) is 5.92 Å². The first-order valence-electron chi connectivity index (χ1n) is 7.65. The summed E-state index contributed by atoms with van der Waals surface area (Å²) in [6, 6.07) is 6.57. The van der Waals surface area contributed by atoms with Crippen molar-refractivity contribution in [1.29, 1.82) is 0 Å². The van der Waals surface area contributed by atoms with E-state index in [1.807, 2.05) is 25.8 Å². The van der Waals surface area contributed by atoms with Crippen molar-refractivity contribution in [3.05, 3.63) is 35.6 Å². The Morgan fingerprint density at radius 2 is 1.91 bits per heavy atom. The molecule has 1 aliphatic heterocycles. The Bertz CT molecular complexity index is 499. The van der Waals surface area contributed by atoms with Crippen LogP contribution in [0.1, 0.15) is 32.3 Å². The lowest BCUT2D eigenvalue weighted by atomic mass is 9.82. The molecule has 0 atom stereocenters. The van der Waals surface area contributed by atoms with Gasteiger partial charge < -0.3 is 10.2 Å². The molecule has 0 aromatic heterocycles. The number of benzene rings is 1. The molecule has 0 bridgehead atoms. The van der Waals surface area contributed by atoms with Gasteiger partial charge in [-0.15, -0.1) is 12.4 Å². The summed E-state index contributed by atoms with van der Waals surface area (Å²) in [4.78, 5) is 14.7. The Labute approximate surface area is 138 Å². The minimum atomic E-state index is -0.818. The zero-order valence-corrected chi connectivity index (χ0v) is 14.4. The van der Waals surface area contributed by atoms with Gasteiger partial charge in [-0.2, -0.15) is 0 Å². The Hall–Kier alpha value is -1.13. The van der Waals surface area contributed by atoms with Gasteiger partial charge in [0.05, 0.1) is 5.41 Å². The highest BCUT2D eigenvalue weighted by Gasteiger charge is 2.36. The maximum Gasteiger partial charge on any atom is 0.232 e. The van der Waals surface area contributed by atoms with Gasteiger partial charge in [0, 0.05) is 18.7 Å². The lowest BCUT2D eigenvalue weighted by Gasteiger charge is -2.37. The van der Waals surface area contributed by atoms with Crippen LogP contribution in [0.25, 0.3) is 0 Å². The number of hydrogen-bond donors (Lipinski definition) is 1. The largest absolute Gasteiger partial charge is 0.342 e. The summed E-state index contributed by atoms with van der Waals surface area (Å²) in [7, 11) is 1.96. The molecule has 3 nitrogen and oxygen atoms in total. The molecular formula is C17H26ClFN2O.